The molecule has 0 bridgehead atoms. The summed E-state index contributed by atoms with van der Waals surface area (Å²) in [6.45, 7) is 2.62. The van der Waals surface area contributed by atoms with Crippen LogP contribution in [0.3, 0.4) is 0 Å². The SMILES string of the molecule is c1ccc(SCCN2CCCC3CCCC32)cc1. The van der Waals surface area contributed by atoms with Crippen molar-refractivity contribution in [3.8, 4) is 0 Å². The van der Waals surface area contributed by atoms with Crippen LogP contribution in [-0.4, -0.2) is 29.8 Å². The zero-order valence-electron chi connectivity index (χ0n) is 11.1. The molecule has 2 unspecified atom stereocenters. The molecule has 1 nitrogen and oxygen atoms in total. The summed E-state index contributed by atoms with van der Waals surface area (Å²) < 4.78 is 0. The molecule has 1 saturated carbocycles. The Labute approximate surface area is 115 Å². The molecule has 98 valence electrons. The van der Waals surface area contributed by atoms with Gasteiger partial charge in [0.25, 0.3) is 0 Å². The van der Waals surface area contributed by atoms with Crippen molar-refractivity contribution in [2.24, 2.45) is 5.92 Å². The number of nitrogens with zero attached hydrogens (tertiary/aromatic N) is 1. The smallest absolute Gasteiger partial charge is 0.0124 e. The maximum atomic E-state index is 2.77. The maximum Gasteiger partial charge on any atom is 0.0124 e. The number of hydrogen-bond acceptors (Lipinski definition) is 2. The Kier molecular flexibility index (Phi) is 4.27. The van der Waals surface area contributed by atoms with Gasteiger partial charge in [0.05, 0.1) is 0 Å². The Morgan fingerprint density at radius 3 is 2.78 bits per heavy atom. The summed E-state index contributed by atoms with van der Waals surface area (Å²) in [5.41, 5.74) is 0. The first-order chi connectivity index (χ1) is 8.93. The first-order valence-electron chi connectivity index (χ1n) is 7.35. The van der Waals surface area contributed by atoms with Crippen molar-refractivity contribution in [2.45, 2.75) is 43.0 Å². The Morgan fingerprint density at radius 2 is 1.89 bits per heavy atom. The minimum Gasteiger partial charge on any atom is -0.299 e. The third-order valence-corrected chi connectivity index (χ3v) is 5.49. The van der Waals surface area contributed by atoms with Gasteiger partial charge in [-0.25, -0.2) is 0 Å². The number of rotatable bonds is 4. The molecule has 1 aliphatic carbocycles. The Hall–Kier alpha value is -0.470. The first kappa shape index (κ1) is 12.6. The fraction of sp³-hybridized carbons (Fsp3) is 0.625. The number of piperidine rings is 1. The van der Waals surface area contributed by atoms with Gasteiger partial charge >= 0.3 is 0 Å². The highest BCUT2D eigenvalue weighted by Crippen LogP contribution is 2.36. The van der Waals surface area contributed by atoms with Crippen molar-refractivity contribution >= 4 is 11.8 Å². The predicted octanol–water partition coefficient (Wildman–Crippen LogP) is 4.04. The summed E-state index contributed by atoms with van der Waals surface area (Å²) >= 11 is 2.01. The van der Waals surface area contributed by atoms with E-state index in [1.807, 2.05) is 11.8 Å². The molecule has 0 aromatic heterocycles. The second-order valence-corrected chi connectivity index (χ2v) is 6.77. The fourth-order valence-corrected chi connectivity index (χ4v) is 4.54. The summed E-state index contributed by atoms with van der Waals surface area (Å²) in [5, 5.41) is 0. The predicted molar refractivity (Wildman–Crippen MR) is 79.1 cm³/mol. The van der Waals surface area contributed by atoms with Gasteiger partial charge in [-0.2, -0.15) is 0 Å². The van der Waals surface area contributed by atoms with Gasteiger partial charge in [0.1, 0.15) is 0 Å². The minimum absolute atomic E-state index is 0.926. The zero-order chi connectivity index (χ0) is 12.2. The molecule has 18 heavy (non-hydrogen) atoms. The molecule has 1 saturated heterocycles. The maximum absolute atomic E-state index is 2.77. The van der Waals surface area contributed by atoms with E-state index in [1.165, 1.54) is 55.8 Å². The average molecular weight is 261 g/mol. The number of fused-ring (bicyclic) bond motifs is 1. The van der Waals surface area contributed by atoms with Gasteiger partial charge < -0.3 is 0 Å². The molecule has 2 heteroatoms. The topological polar surface area (TPSA) is 3.24 Å². The molecule has 3 rings (SSSR count). The molecule has 2 aliphatic rings. The first-order valence-corrected chi connectivity index (χ1v) is 8.34. The van der Waals surface area contributed by atoms with E-state index in [9.17, 15) is 0 Å². The lowest BCUT2D eigenvalue weighted by Crippen LogP contribution is -2.43. The largest absolute Gasteiger partial charge is 0.299 e. The van der Waals surface area contributed by atoms with Crippen molar-refractivity contribution in [1.82, 2.24) is 4.90 Å². The van der Waals surface area contributed by atoms with Gasteiger partial charge in [0.2, 0.25) is 0 Å². The summed E-state index contributed by atoms with van der Waals surface area (Å²) in [6, 6.07) is 11.7. The molecule has 0 amide bonds. The molecule has 1 aromatic carbocycles. The van der Waals surface area contributed by atoms with Crippen LogP contribution >= 0.6 is 11.8 Å². The Morgan fingerprint density at radius 1 is 1.06 bits per heavy atom. The van der Waals surface area contributed by atoms with E-state index in [0.717, 1.165) is 12.0 Å². The molecule has 1 heterocycles. The van der Waals surface area contributed by atoms with E-state index in [-0.39, 0.29) is 0 Å². The fourth-order valence-electron chi connectivity index (χ4n) is 3.63. The van der Waals surface area contributed by atoms with Crippen molar-refractivity contribution in [1.29, 1.82) is 0 Å². The third kappa shape index (κ3) is 2.92. The van der Waals surface area contributed by atoms with Crippen LogP contribution < -0.4 is 0 Å². The lowest BCUT2D eigenvalue weighted by Gasteiger charge is -2.37. The average Bonchev–Trinajstić information content (AvgIpc) is 2.89. The number of benzene rings is 1. The van der Waals surface area contributed by atoms with Crippen molar-refractivity contribution in [2.75, 3.05) is 18.8 Å². The molecular weight excluding hydrogens is 238 g/mol. The molecule has 0 N–H and O–H groups in total. The number of hydrogen-bond donors (Lipinski definition) is 0. The summed E-state index contributed by atoms with van der Waals surface area (Å²) in [5.74, 6) is 2.27. The highest BCUT2D eigenvalue weighted by atomic mass is 32.2. The quantitative estimate of drug-likeness (QED) is 0.752. The van der Waals surface area contributed by atoms with Crippen molar-refractivity contribution in [3.05, 3.63) is 30.3 Å². The van der Waals surface area contributed by atoms with E-state index in [1.54, 1.807) is 0 Å². The van der Waals surface area contributed by atoms with Crippen LogP contribution in [0, 0.1) is 5.92 Å². The summed E-state index contributed by atoms with van der Waals surface area (Å²) in [4.78, 5) is 4.19. The van der Waals surface area contributed by atoms with Gasteiger partial charge in [-0.15, -0.1) is 11.8 Å². The Balaban J connectivity index is 1.48. The summed E-state index contributed by atoms with van der Waals surface area (Å²) in [7, 11) is 0. The lowest BCUT2D eigenvalue weighted by molar-refractivity contribution is 0.121. The van der Waals surface area contributed by atoms with Crippen LogP contribution in [0.5, 0.6) is 0 Å². The third-order valence-electron chi connectivity index (χ3n) is 4.50. The van der Waals surface area contributed by atoms with Crippen LogP contribution in [-0.2, 0) is 0 Å². The van der Waals surface area contributed by atoms with Gasteiger partial charge in [0, 0.05) is 23.2 Å². The highest BCUT2D eigenvalue weighted by Gasteiger charge is 2.34. The van der Waals surface area contributed by atoms with Crippen LogP contribution in [0.2, 0.25) is 0 Å². The van der Waals surface area contributed by atoms with Gasteiger partial charge in [-0.3, -0.25) is 4.90 Å². The lowest BCUT2D eigenvalue weighted by atomic mass is 9.92. The van der Waals surface area contributed by atoms with Gasteiger partial charge in [-0.1, -0.05) is 24.6 Å². The van der Waals surface area contributed by atoms with E-state index < -0.39 is 0 Å². The molecule has 0 spiro atoms. The van der Waals surface area contributed by atoms with Crippen LogP contribution in [0.1, 0.15) is 32.1 Å². The molecule has 0 radical (unpaired) electrons. The zero-order valence-corrected chi connectivity index (χ0v) is 11.9. The van der Waals surface area contributed by atoms with E-state index in [0.29, 0.717) is 0 Å². The molecule has 1 aromatic rings. The molecule has 1 aliphatic heterocycles. The van der Waals surface area contributed by atoms with Gasteiger partial charge in [-0.05, 0) is 50.3 Å². The summed E-state index contributed by atoms with van der Waals surface area (Å²) in [6.07, 6.45) is 7.34. The van der Waals surface area contributed by atoms with E-state index in [4.69, 9.17) is 0 Å². The number of likely N-dealkylation sites (tertiary alicyclic amines) is 1. The second kappa shape index (κ2) is 6.12. The normalized spacial score (nSPS) is 28.2. The molecule has 2 fully saturated rings. The molecule has 2 atom stereocenters. The highest BCUT2D eigenvalue weighted by molar-refractivity contribution is 7.99. The van der Waals surface area contributed by atoms with Crippen LogP contribution in [0.15, 0.2) is 35.2 Å². The monoisotopic (exact) mass is 261 g/mol. The van der Waals surface area contributed by atoms with Crippen LogP contribution in [0.4, 0.5) is 0 Å². The number of thioether (sulfide) groups is 1. The van der Waals surface area contributed by atoms with E-state index in [2.05, 4.69) is 35.2 Å². The Bertz CT molecular complexity index is 365. The second-order valence-electron chi connectivity index (χ2n) is 5.60. The van der Waals surface area contributed by atoms with E-state index >= 15 is 0 Å². The standard InChI is InChI=1S/C16H23NS/c1-2-8-15(9-3-1)18-13-12-17-11-5-7-14-6-4-10-16(14)17/h1-3,8-9,14,16H,4-7,10-13H2. The molecular formula is C16H23NS. The van der Waals surface area contributed by atoms with Crippen molar-refractivity contribution < 1.29 is 0 Å². The van der Waals surface area contributed by atoms with Crippen LogP contribution in [0.25, 0.3) is 0 Å². The minimum atomic E-state index is 0.926. The van der Waals surface area contributed by atoms with Gasteiger partial charge in [0.15, 0.2) is 0 Å². The van der Waals surface area contributed by atoms with Crippen molar-refractivity contribution in [3.63, 3.8) is 0 Å².